The highest BCUT2D eigenvalue weighted by Gasteiger charge is 2.34. The predicted octanol–water partition coefficient (Wildman–Crippen LogP) is 5.34. The Morgan fingerprint density at radius 3 is 2.19 bits per heavy atom. The van der Waals surface area contributed by atoms with E-state index in [2.05, 4.69) is 56.2 Å². The Bertz CT molecular complexity index is 741. The highest BCUT2D eigenvalue weighted by atomic mass is 16.4. The summed E-state index contributed by atoms with van der Waals surface area (Å²) in [5, 5.41) is 10.9. The van der Waals surface area contributed by atoms with Crippen LogP contribution in [0.1, 0.15) is 49.8 Å². The Morgan fingerprint density at radius 2 is 1.65 bits per heavy atom. The lowest BCUT2D eigenvalue weighted by molar-refractivity contribution is 0.0878. The summed E-state index contributed by atoms with van der Waals surface area (Å²) in [6, 6.07) is 12.4. The van der Waals surface area contributed by atoms with Gasteiger partial charge in [-0.25, -0.2) is 0 Å². The van der Waals surface area contributed by atoms with Gasteiger partial charge in [0.1, 0.15) is 11.5 Å². The molecule has 26 heavy (non-hydrogen) atoms. The van der Waals surface area contributed by atoms with Crippen LogP contribution in [0, 0.1) is 6.92 Å². The third kappa shape index (κ3) is 4.54. The van der Waals surface area contributed by atoms with E-state index in [9.17, 15) is 5.11 Å². The van der Waals surface area contributed by atoms with Gasteiger partial charge in [0.15, 0.2) is 5.60 Å². The van der Waals surface area contributed by atoms with Crippen LogP contribution in [-0.4, -0.2) is 16.6 Å². The Kier molecular flexibility index (Phi) is 6.63. The third-order valence-corrected chi connectivity index (χ3v) is 4.70. The van der Waals surface area contributed by atoms with E-state index in [0.29, 0.717) is 23.5 Å². The Balaban J connectivity index is 2.17. The van der Waals surface area contributed by atoms with Crippen molar-refractivity contribution in [2.45, 2.75) is 52.8 Å². The molecule has 1 heterocycles. The Hall–Kier alpha value is -2.10. The summed E-state index contributed by atoms with van der Waals surface area (Å²) in [7, 11) is 0. The van der Waals surface area contributed by atoms with Gasteiger partial charge >= 0.3 is 0 Å². The van der Waals surface area contributed by atoms with Crippen LogP contribution in [0.4, 0.5) is 0 Å². The summed E-state index contributed by atoms with van der Waals surface area (Å²) in [6.07, 6.45) is 1.07. The second-order valence-electron chi connectivity index (χ2n) is 7.23. The van der Waals surface area contributed by atoms with Crippen LogP contribution in [-0.2, 0) is 18.7 Å². The van der Waals surface area contributed by atoms with E-state index in [4.69, 9.17) is 4.42 Å². The maximum Gasteiger partial charge on any atom is 0.163 e. The number of aliphatic hydroxyl groups is 1. The van der Waals surface area contributed by atoms with Crippen molar-refractivity contribution in [2.24, 2.45) is 0 Å². The van der Waals surface area contributed by atoms with Crippen LogP contribution >= 0.6 is 0 Å². The smallest absolute Gasteiger partial charge is 0.163 e. The lowest BCUT2D eigenvalue weighted by atomic mass is 9.87. The maximum absolute atomic E-state index is 10.9. The van der Waals surface area contributed by atoms with E-state index >= 15 is 0 Å². The highest BCUT2D eigenvalue weighted by Crippen LogP contribution is 2.36. The van der Waals surface area contributed by atoms with E-state index in [1.807, 2.05) is 12.1 Å². The molecule has 1 aromatic heterocycles. The van der Waals surface area contributed by atoms with E-state index in [1.54, 1.807) is 13.8 Å². The molecule has 0 aliphatic carbocycles. The summed E-state index contributed by atoms with van der Waals surface area (Å²) in [4.78, 5) is 2.36. The van der Waals surface area contributed by atoms with E-state index in [-0.39, 0.29) is 0 Å². The molecule has 0 unspecified atom stereocenters. The molecule has 0 bridgehead atoms. The fourth-order valence-corrected chi connectivity index (χ4v) is 3.14. The molecule has 140 valence electrons. The van der Waals surface area contributed by atoms with Crippen molar-refractivity contribution < 1.29 is 9.52 Å². The SMILES string of the molecule is C=C(C)C(O)(C(=C)C)c1ccc(CN(CCC)Cc2ccc(C)cc2)o1. The number of rotatable bonds is 9. The molecule has 0 saturated heterocycles. The van der Waals surface area contributed by atoms with Crippen molar-refractivity contribution >= 4 is 0 Å². The quantitative estimate of drug-likeness (QED) is 0.618. The molecule has 0 spiro atoms. The summed E-state index contributed by atoms with van der Waals surface area (Å²) >= 11 is 0. The van der Waals surface area contributed by atoms with Crippen LogP contribution in [0.5, 0.6) is 0 Å². The lowest BCUT2D eigenvalue weighted by Crippen LogP contribution is -2.27. The van der Waals surface area contributed by atoms with E-state index in [1.165, 1.54) is 11.1 Å². The molecule has 0 aliphatic rings. The van der Waals surface area contributed by atoms with Gasteiger partial charge in [0.05, 0.1) is 6.54 Å². The van der Waals surface area contributed by atoms with E-state index < -0.39 is 5.60 Å². The van der Waals surface area contributed by atoms with Crippen molar-refractivity contribution in [3.63, 3.8) is 0 Å². The van der Waals surface area contributed by atoms with Crippen molar-refractivity contribution in [3.8, 4) is 0 Å². The molecule has 1 N–H and O–H groups in total. The second kappa shape index (κ2) is 8.52. The first-order valence-electron chi connectivity index (χ1n) is 9.18. The second-order valence-corrected chi connectivity index (χ2v) is 7.23. The van der Waals surface area contributed by atoms with Gasteiger partial charge < -0.3 is 9.52 Å². The van der Waals surface area contributed by atoms with Gasteiger partial charge in [-0.1, -0.05) is 49.9 Å². The van der Waals surface area contributed by atoms with Gasteiger partial charge in [-0.15, -0.1) is 0 Å². The highest BCUT2D eigenvalue weighted by molar-refractivity contribution is 5.35. The van der Waals surface area contributed by atoms with Crippen molar-refractivity contribution in [2.75, 3.05) is 6.54 Å². The Morgan fingerprint density at radius 1 is 1.04 bits per heavy atom. The minimum absolute atomic E-state index is 0.485. The van der Waals surface area contributed by atoms with Gasteiger partial charge in [0, 0.05) is 6.54 Å². The lowest BCUT2D eigenvalue weighted by Gasteiger charge is -2.27. The van der Waals surface area contributed by atoms with Gasteiger partial charge in [0.2, 0.25) is 0 Å². The van der Waals surface area contributed by atoms with Crippen LogP contribution < -0.4 is 0 Å². The molecule has 3 nitrogen and oxygen atoms in total. The van der Waals surface area contributed by atoms with Gasteiger partial charge in [-0.3, -0.25) is 4.90 Å². The van der Waals surface area contributed by atoms with Crippen LogP contribution in [0.15, 0.2) is 65.1 Å². The van der Waals surface area contributed by atoms with Gasteiger partial charge in [-0.2, -0.15) is 0 Å². The first-order valence-corrected chi connectivity index (χ1v) is 9.18. The zero-order chi connectivity index (χ0) is 19.3. The normalized spacial score (nSPS) is 11.8. The average molecular weight is 354 g/mol. The fourth-order valence-electron chi connectivity index (χ4n) is 3.14. The molecule has 0 amide bonds. The largest absolute Gasteiger partial charge is 0.461 e. The van der Waals surface area contributed by atoms with Crippen molar-refractivity contribution in [1.82, 2.24) is 4.90 Å². The molecule has 1 aromatic carbocycles. The minimum Gasteiger partial charge on any atom is -0.461 e. The number of aryl methyl sites for hydroxylation is 1. The van der Waals surface area contributed by atoms with Crippen LogP contribution in [0.25, 0.3) is 0 Å². The number of hydrogen-bond acceptors (Lipinski definition) is 3. The fraction of sp³-hybridized carbons (Fsp3) is 0.391. The zero-order valence-electron chi connectivity index (χ0n) is 16.5. The third-order valence-electron chi connectivity index (χ3n) is 4.70. The minimum atomic E-state index is -1.31. The summed E-state index contributed by atoms with van der Waals surface area (Å²) < 4.78 is 5.99. The van der Waals surface area contributed by atoms with Crippen LogP contribution in [0.2, 0.25) is 0 Å². The van der Waals surface area contributed by atoms with E-state index in [0.717, 1.165) is 25.3 Å². The van der Waals surface area contributed by atoms with Crippen LogP contribution in [0.3, 0.4) is 0 Å². The van der Waals surface area contributed by atoms with Gasteiger partial charge in [-0.05, 0) is 62.6 Å². The van der Waals surface area contributed by atoms with Gasteiger partial charge in [0.25, 0.3) is 0 Å². The summed E-state index contributed by atoms with van der Waals surface area (Å²) in [5.74, 6) is 1.32. The summed E-state index contributed by atoms with van der Waals surface area (Å²) in [6.45, 7) is 18.2. The van der Waals surface area contributed by atoms with Crippen molar-refractivity contribution in [1.29, 1.82) is 0 Å². The molecule has 2 rings (SSSR count). The topological polar surface area (TPSA) is 36.6 Å². The number of benzene rings is 1. The molecule has 3 heteroatoms. The molecular weight excluding hydrogens is 322 g/mol. The molecule has 0 saturated carbocycles. The zero-order valence-corrected chi connectivity index (χ0v) is 16.5. The molecular formula is C23H31NO2. The maximum atomic E-state index is 10.9. The average Bonchev–Trinajstić information content (AvgIpc) is 3.04. The number of hydrogen-bond donors (Lipinski definition) is 1. The molecule has 0 fully saturated rings. The first kappa shape index (κ1) is 20.2. The first-order chi connectivity index (χ1) is 12.3. The monoisotopic (exact) mass is 353 g/mol. The van der Waals surface area contributed by atoms with Crippen molar-refractivity contribution in [3.05, 3.63) is 83.3 Å². The molecule has 0 atom stereocenters. The Labute approximate surface area is 157 Å². The predicted molar refractivity (Wildman–Crippen MR) is 108 cm³/mol. The number of nitrogens with zero attached hydrogens (tertiary/aromatic N) is 1. The number of furan rings is 1. The summed E-state index contributed by atoms with van der Waals surface area (Å²) in [5.41, 5.74) is 2.46. The molecule has 0 aliphatic heterocycles. The standard InChI is InChI=1S/C23H31NO2/c1-7-14-24(15-20-10-8-19(6)9-11-20)16-21-12-13-22(26-21)23(25,17(2)3)18(4)5/h8-13,25H,2,4,7,14-16H2,1,3,5-6H3. The molecule has 0 radical (unpaired) electrons. The molecule has 2 aromatic rings.